The summed E-state index contributed by atoms with van der Waals surface area (Å²) in [6, 6.07) is -0.654. The Balaban J connectivity index is 3.69. The Morgan fingerprint density at radius 1 is 0.480 bits per heavy atom. The van der Waals surface area contributed by atoms with Crippen molar-refractivity contribution in [1.82, 2.24) is 5.32 Å². The molecule has 3 N–H and O–H groups in total. The Bertz CT molecular complexity index is 842. The average Bonchev–Trinajstić information content (AvgIpc) is 3.12. The van der Waals surface area contributed by atoms with Crippen LogP contribution in [0.2, 0.25) is 0 Å². The van der Waals surface area contributed by atoms with Gasteiger partial charge in [-0.15, -0.1) is 0 Å². The molecular formula is C46H83NO3. The van der Waals surface area contributed by atoms with Crippen molar-refractivity contribution >= 4 is 5.91 Å². The van der Waals surface area contributed by atoms with Gasteiger partial charge in [-0.2, -0.15) is 0 Å². The highest BCUT2D eigenvalue weighted by Crippen LogP contribution is 2.13. The van der Waals surface area contributed by atoms with Crippen LogP contribution in [0.4, 0.5) is 0 Å². The minimum absolute atomic E-state index is 0.0936. The summed E-state index contributed by atoms with van der Waals surface area (Å²) < 4.78 is 0. The van der Waals surface area contributed by atoms with Crippen LogP contribution in [0, 0.1) is 0 Å². The second-order valence-electron chi connectivity index (χ2n) is 14.4. The number of hydrogen-bond donors (Lipinski definition) is 3. The van der Waals surface area contributed by atoms with Crippen LogP contribution in [-0.4, -0.2) is 34.9 Å². The maximum atomic E-state index is 12.3. The van der Waals surface area contributed by atoms with Gasteiger partial charge < -0.3 is 15.5 Å². The van der Waals surface area contributed by atoms with E-state index >= 15 is 0 Å². The molecule has 0 rings (SSSR count). The van der Waals surface area contributed by atoms with Crippen LogP contribution in [0.1, 0.15) is 206 Å². The fourth-order valence-corrected chi connectivity index (χ4v) is 6.12. The number of aliphatic hydroxyl groups excluding tert-OH is 2. The molecule has 0 aromatic rings. The van der Waals surface area contributed by atoms with Gasteiger partial charge >= 0.3 is 0 Å². The molecule has 0 radical (unpaired) electrons. The van der Waals surface area contributed by atoms with E-state index < -0.39 is 12.1 Å². The normalized spacial score (nSPS) is 13.6. The molecule has 0 spiro atoms. The summed E-state index contributed by atoms with van der Waals surface area (Å²) in [6.45, 7) is 4.26. The third kappa shape index (κ3) is 37.3. The summed E-state index contributed by atoms with van der Waals surface area (Å²) in [4.78, 5) is 12.3. The van der Waals surface area contributed by atoms with Crippen molar-refractivity contribution in [3.63, 3.8) is 0 Å². The highest BCUT2D eigenvalue weighted by Gasteiger charge is 2.17. The van der Waals surface area contributed by atoms with Gasteiger partial charge in [0.1, 0.15) is 0 Å². The van der Waals surface area contributed by atoms with E-state index in [1.54, 1.807) is 6.08 Å². The topological polar surface area (TPSA) is 69.6 Å². The Morgan fingerprint density at radius 2 is 0.840 bits per heavy atom. The zero-order chi connectivity index (χ0) is 36.4. The van der Waals surface area contributed by atoms with E-state index in [0.29, 0.717) is 6.42 Å². The number of carbonyl (C=O) groups is 1. The molecule has 2 atom stereocenters. The SMILES string of the molecule is CCCCCC/C=C\C/C=C\CCCCCCCC(=O)NC(CO)C(O)/C=C/CC/C=C/CC/C=C/CCCCCCCCCCCCCC. The lowest BCUT2D eigenvalue weighted by atomic mass is 10.0. The van der Waals surface area contributed by atoms with Crippen LogP contribution < -0.4 is 5.32 Å². The standard InChI is InChI=1S/C46H83NO3/c1-3-5-7-9-11-13-15-17-19-21-22-23-24-25-26-27-29-31-33-35-37-39-41-45(49)44(43-48)47-46(50)42-40-38-36-34-32-30-28-20-18-16-14-12-10-8-6-4-2/h14,16,20,25-26,28,31,33,39,41,44-45,48-49H,3-13,15,17-19,21-24,27,29-30,32,34-38,40,42-43H2,1-2H3,(H,47,50)/b16-14-,26-25+,28-20-,33-31+,41-39+. The molecule has 2 unspecified atom stereocenters. The number of amides is 1. The van der Waals surface area contributed by atoms with Gasteiger partial charge in [0.15, 0.2) is 0 Å². The zero-order valence-corrected chi connectivity index (χ0v) is 33.2. The van der Waals surface area contributed by atoms with Gasteiger partial charge in [-0.05, 0) is 77.0 Å². The first-order valence-corrected chi connectivity index (χ1v) is 21.5. The average molecular weight is 698 g/mol. The first-order valence-electron chi connectivity index (χ1n) is 21.5. The van der Waals surface area contributed by atoms with Crippen LogP contribution in [0.15, 0.2) is 60.8 Å². The monoisotopic (exact) mass is 698 g/mol. The third-order valence-corrected chi connectivity index (χ3v) is 9.45. The van der Waals surface area contributed by atoms with Crippen molar-refractivity contribution in [2.45, 2.75) is 219 Å². The van der Waals surface area contributed by atoms with Gasteiger partial charge in [-0.25, -0.2) is 0 Å². The number of aliphatic hydroxyl groups is 2. The highest BCUT2D eigenvalue weighted by atomic mass is 16.3. The molecule has 0 aliphatic heterocycles. The predicted molar refractivity (Wildman–Crippen MR) is 221 cm³/mol. The minimum Gasteiger partial charge on any atom is -0.394 e. The Kier molecular flexibility index (Phi) is 39.9. The third-order valence-electron chi connectivity index (χ3n) is 9.45. The second kappa shape index (κ2) is 41.5. The Labute approximate surface area is 311 Å². The van der Waals surface area contributed by atoms with E-state index in [4.69, 9.17) is 0 Å². The van der Waals surface area contributed by atoms with Crippen molar-refractivity contribution in [2.24, 2.45) is 0 Å². The summed E-state index contributed by atoms with van der Waals surface area (Å²) in [6.07, 6.45) is 57.5. The first-order chi connectivity index (χ1) is 24.7. The largest absolute Gasteiger partial charge is 0.394 e. The molecule has 290 valence electrons. The van der Waals surface area contributed by atoms with Crippen LogP contribution in [0.3, 0.4) is 0 Å². The number of nitrogens with one attached hydrogen (secondary N) is 1. The molecule has 1 amide bonds. The number of hydrogen-bond acceptors (Lipinski definition) is 3. The van der Waals surface area contributed by atoms with E-state index in [0.717, 1.165) is 57.8 Å². The maximum absolute atomic E-state index is 12.3. The second-order valence-corrected chi connectivity index (χ2v) is 14.4. The van der Waals surface area contributed by atoms with Gasteiger partial charge in [-0.1, -0.05) is 184 Å². The summed E-state index contributed by atoms with van der Waals surface area (Å²) in [5, 5.41) is 22.9. The smallest absolute Gasteiger partial charge is 0.220 e. The van der Waals surface area contributed by atoms with Gasteiger partial charge in [0.05, 0.1) is 18.8 Å². The molecule has 0 aliphatic rings. The van der Waals surface area contributed by atoms with E-state index in [2.05, 4.69) is 67.8 Å². The summed E-state index contributed by atoms with van der Waals surface area (Å²) >= 11 is 0. The molecule has 0 bridgehead atoms. The molecule has 0 fully saturated rings. The molecule has 0 aromatic heterocycles. The van der Waals surface area contributed by atoms with E-state index in [1.807, 2.05) is 6.08 Å². The van der Waals surface area contributed by atoms with Crippen molar-refractivity contribution in [2.75, 3.05) is 6.61 Å². The number of unbranched alkanes of at least 4 members (excludes halogenated alkanes) is 23. The van der Waals surface area contributed by atoms with E-state index in [9.17, 15) is 15.0 Å². The Hall–Kier alpha value is -1.91. The minimum atomic E-state index is -0.877. The molecule has 0 saturated heterocycles. The van der Waals surface area contributed by atoms with Gasteiger partial charge in [0, 0.05) is 6.42 Å². The lowest BCUT2D eigenvalue weighted by Crippen LogP contribution is -2.45. The molecule has 0 saturated carbocycles. The molecule has 4 nitrogen and oxygen atoms in total. The molecule has 4 heteroatoms. The number of allylic oxidation sites excluding steroid dienone is 9. The van der Waals surface area contributed by atoms with Gasteiger partial charge in [0.2, 0.25) is 5.91 Å². The molecule has 50 heavy (non-hydrogen) atoms. The summed E-state index contributed by atoms with van der Waals surface area (Å²) in [5.41, 5.74) is 0. The molecule has 0 aromatic carbocycles. The lowest BCUT2D eigenvalue weighted by molar-refractivity contribution is -0.123. The van der Waals surface area contributed by atoms with Crippen LogP contribution >= 0.6 is 0 Å². The Morgan fingerprint density at radius 3 is 1.30 bits per heavy atom. The quantitative estimate of drug-likeness (QED) is 0.0444. The van der Waals surface area contributed by atoms with Crippen molar-refractivity contribution in [1.29, 1.82) is 0 Å². The van der Waals surface area contributed by atoms with Crippen LogP contribution in [0.5, 0.6) is 0 Å². The fraction of sp³-hybridized carbons (Fsp3) is 0.761. The first kappa shape index (κ1) is 48.1. The molecule has 0 heterocycles. The molecule has 0 aliphatic carbocycles. The lowest BCUT2D eigenvalue weighted by Gasteiger charge is -2.19. The van der Waals surface area contributed by atoms with Crippen molar-refractivity contribution in [3.8, 4) is 0 Å². The predicted octanol–water partition coefficient (Wildman–Crippen LogP) is 13.3. The highest BCUT2D eigenvalue weighted by molar-refractivity contribution is 5.76. The molecular weight excluding hydrogens is 615 g/mol. The van der Waals surface area contributed by atoms with Crippen molar-refractivity contribution < 1.29 is 15.0 Å². The van der Waals surface area contributed by atoms with Crippen molar-refractivity contribution in [3.05, 3.63) is 60.8 Å². The van der Waals surface area contributed by atoms with E-state index in [-0.39, 0.29) is 12.5 Å². The van der Waals surface area contributed by atoms with Gasteiger partial charge in [-0.3, -0.25) is 4.79 Å². The van der Waals surface area contributed by atoms with Gasteiger partial charge in [0.25, 0.3) is 0 Å². The maximum Gasteiger partial charge on any atom is 0.220 e. The van der Waals surface area contributed by atoms with E-state index in [1.165, 1.54) is 128 Å². The van der Waals surface area contributed by atoms with Crippen LogP contribution in [-0.2, 0) is 4.79 Å². The summed E-state index contributed by atoms with van der Waals surface area (Å²) in [7, 11) is 0. The number of carbonyl (C=O) groups excluding carboxylic acids is 1. The van der Waals surface area contributed by atoms with Crippen LogP contribution in [0.25, 0.3) is 0 Å². The zero-order valence-electron chi connectivity index (χ0n) is 33.2. The fourth-order valence-electron chi connectivity index (χ4n) is 6.12. The summed E-state index contributed by atoms with van der Waals surface area (Å²) in [5.74, 6) is -0.0936. The number of rotatable bonds is 38.